The van der Waals surface area contributed by atoms with Gasteiger partial charge in [0.1, 0.15) is 5.75 Å². The number of benzene rings is 1. The zero-order valence-corrected chi connectivity index (χ0v) is 12.3. The van der Waals surface area contributed by atoms with Crippen LogP contribution >= 0.6 is 12.4 Å². The standard InChI is InChI=1S/C17H17NO.ClH/c1-19-16-5-6-17-14(3-2-4-15(17)12-16)11-13-7-9-18-10-8-13;/h5-12H,2-4H2,1H3;1H/b14-11-;. The summed E-state index contributed by atoms with van der Waals surface area (Å²) in [6.45, 7) is 0. The molecule has 2 nitrogen and oxygen atoms in total. The molecule has 0 atom stereocenters. The number of hydrogen-bond donors (Lipinski definition) is 0. The number of halogens is 1. The molecule has 0 saturated carbocycles. The SMILES string of the molecule is COc1ccc2c(c1)CCC/C2=C/c1ccncc1.Cl. The first-order chi connectivity index (χ1) is 9.36. The maximum atomic E-state index is 5.31. The van der Waals surface area contributed by atoms with E-state index in [9.17, 15) is 0 Å². The number of fused-ring (bicyclic) bond motifs is 1. The number of rotatable bonds is 2. The van der Waals surface area contributed by atoms with Gasteiger partial charge < -0.3 is 4.74 Å². The summed E-state index contributed by atoms with van der Waals surface area (Å²) in [7, 11) is 1.72. The molecule has 0 spiro atoms. The van der Waals surface area contributed by atoms with Gasteiger partial charge in [-0.25, -0.2) is 0 Å². The van der Waals surface area contributed by atoms with Crippen LogP contribution in [-0.4, -0.2) is 12.1 Å². The van der Waals surface area contributed by atoms with Crippen molar-refractivity contribution in [2.45, 2.75) is 19.3 Å². The topological polar surface area (TPSA) is 22.1 Å². The maximum Gasteiger partial charge on any atom is 0.119 e. The third-order valence-electron chi connectivity index (χ3n) is 3.60. The van der Waals surface area contributed by atoms with E-state index >= 15 is 0 Å². The average molecular weight is 288 g/mol. The molecule has 0 amide bonds. The summed E-state index contributed by atoms with van der Waals surface area (Å²) in [5.41, 5.74) is 5.39. The largest absolute Gasteiger partial charge is 0.497 e. The summed E-state index contributed by atoms with van der Waals surface area (Å²) in [6.07, 6.45) is 9.43. The first-order valence-corrected chi connectivity index (χ1v) is 6.65. The minimum Gasteiger partial charge on any atom is -0.497 e. The monoisotopic (exact) mass is 287 g/mol. The van der Waals surface area contributed by atoms with Crippen LogP contribution in [0, 0.1) is 0 Å². The van der Waals surface area contributed by atoms with Crippen molar-refractivity contribution in [1.29, 1.82) is 0 Å². The molecular formula is C17H18ClNO. The molecule has 1 aliphatic carbocycles. The van der Waals surface area contributed by atoms with E-state index in [1.165, 1.54) is 28.7 Å². The average Bonchev–Trinajstić information content (AvgIpc) is 2.48. The van der Waals surface area contributed by atoms with Gasteiger partial charge in [0.25, 0.3) is 0 Å². The smallest absolute Gasteiger partial charge is 0.119 e. The van der Waals surface area contributed by atoms with Crippen LogP contribution in [0.25, 0.3) is 11.6 Å². The van der Waals surface area contributed by atoms with Crippen LogP contribution in [0.2, 0.25) is 0 Å². The molecule has 1 aromatic carbocycles. The number of aryl methyl sites for hydroxylation is 1. The van der Waals surface area contributed by atoms with Gasteiger partial charge in [0.15, 0.2) is 0 Å². The van der Waals surface area contributed by atoms with E-state index in [1.54, 1.807) is 7.11 Å². The summed E-state index contributed by atoms with van der Waals surface area (Å²) in [5, 5.41) is 0. The van der Waals surface area contributed by atoms with Crippen LogP contribution in [0.15, 0.2) is 42.7 Å². The van der Waals surface area contributed by atoms with E-state index in [-0.39, 0.29) is 12.4 Å². The molecule has 0 fully saturated rings. The summed E-state index contributed by atoms with van der Waals surface area (Å²) in [5.74, 6) is 0.948. The highest BCUT2D eigenvalue weighted by molar-refractivity contribution is 5.85. The number of hydrogen-bond acceptors (Lipinski definition) is 2. The molecule has 3 heteroatoms. The van der Waals surface area contributed by atoms with E-state index in [4.69, 9.17) is 4.74 Å². The first kappa shape index (κ1) is 14.6. The Morgan fingerprint density at radius 1 is 1.10 bits per heavy atom. The van der Waals surface area contributed by atoms with Crippen molar-refractivity contribution in [3.05, 3.63) is 59.4 Å². The van der Waals surface area contributed by atoms with Crippen LogP contribution < -0.4 is 4.74 Å². The van der Waals surface area contributed by atoms with Crippen molar-refractivity contribution in [3.8, 4) is 5.75 Å². The summed E-state index contributed by atoms with van der Waals surface area (Å²) in [4.78, 5) is 4.06. The van der Waals surface area contributed by atoms with Gasteiger partial charge in [0.2, 0.25) is 0 Å². The second-order valence-corrected chi connectivity index (χ2v) is 4.83. The Bertz CT molecular complexity index is 608. The van der Waals surface area contributed by atoms with Crippen molar-refractivity contribution in [2.24, 2.45) is 0 Å². The van der Waals surface area contributed by atoms with Gasteiger partial charge >= 0.3 is 0 Å². The Labute approximate surface area is 125 Å². The molecule has 0 saturated heterocycles. The Morgan fingerprint density at radius 3 is 2.65 bits per heavy atom. The molecule has 2 aromatic rings. The molecule has 0 unspecified atom stereocenters. The molecule has 3 rings (SSSR count). The molecular weight excluding hydrogens is 270 g/mol. The van der Waals surface area contributed by atoms with Gasteiger partial charge in [-0.05, 0) is 65.8 Å². The fourth-order valence-corrected chi connectivity index (χ4v) is 2.63. The van der Waals surface area contributed by atoms with Gasteiger partial charge in [-0.3, -0.25) is 4.98 Å². The molecule has 1 aliphatic rings. The third-order valence-corrected chi connectivity index (χ3v) is 3.60. The number of pyridine rings is 1. The van der Waals surface area contributed by atoms with E-state index in [1.807, 2.05) is 30.6 Å². The second-order valence-electron chi connectivity index (χ2n) is 4.83. The van der Waals surface area contributed by atoms with Gasteiger partial charge in [0, 0.05) is 12.4 Å². The van der Waals surface area contributed by atoms with Crippen molar-refractivity contribution in [2.75, 3.05) is 7.11 Å². The van der Waals surface area contributed by atoms with Crippen molar-refractivity contribution in [3.63, 3.8) is 0 Å². The van der Waals surface area contributed by atoms with Crippen molar-refractivity contribution in [1.82, 2.24) is 4.98 Å². The third kappa shape index (κ3) is 3.02. The Morgan fingerprint density at radius 2 is 1.90 bits per heavy atom. The van der Waals surface area contributed by atoms with E-state index in [2.05, 4.69) is 23.2 Å². The number of aromatic nitrogens is 1. The zero-order chi connectivity index (χ0) is 13.1. The van der Waals surface area contributed by atoms with E-state index < -0.39 is 0 Å². The Balaban J connectivity index is 0.00000147. The van der Waals surface area contributed by atoms with Crippen LogP contribution in [0.4, 0.5) is 0 Å². The van der Waals surface area contributed by atoms with Crippen molar-refractivity contribution >= 4 is 24.1 Å². The highest BCUT2D eigenvalue weighted by atomic mass is 35.5. The van der Waals surface area contributed by atoms with Crippen LogP contribution in [-0.2, 0) is 6.42 Å². The van der Waals surface area contributed by atoms with Gasteiger partial charge in [-0.2, -0.15) is 0 Å². The maximum absolute atomic E-state index is 5.31. The van der Waals surface area contributed by atoms with Crippen LogP contribution in [0.1, 0.15) is 29.5 Å². The Hall–Kier alpha value is -1.80. The predicted molar refractivity (Wildman–Crippen MR) is 85.3 cm³/mol. The van der Waals surface area contributed by atoms with E-state index in [0.717, 1.165) is 18.6 Å². The normalized spacial score (nSPS) is 15.3. The molecule has 20 heavy (non-hydrogen) atoms. The Kier molecular flexibility index (Phi) is 4.80. The lowest BCUT2D eigenvalue weighted by molar-refractivity contribution is 0.414. The lowest BCUT2D eigenvalue weighted by Crippen LogP contribution is -2.02. The summed E-state index contributed by atoms with van der Waals surface area (Å²) >= 11 is 0. The second kappa shape index (κ2) is 6.58. The number of ether oxygens (including phenoxy) is 1. The van der Waals surface area contributed by atoms with Crippen LogP contribution in [0.5, 0.6) is 5.75 Å². The summed E-state index contributed by atoms with van der Waals surface area (Å²) in [6, 6.07) is 10.5. The fraction of sp³-hybridized carbons (Fsp3) is 0.235. The van der Waals surface area contributed by atoms with E-state index in [0.29, 0.717) is 0 Å². The van der Waals surface area contributed by atoms with Gasteiger partial charge in [0.05, 0.1) is 7.11 Å². The van der Waals surface area contributed by atoms with Crippen LogP contribution in [0.3, 0.4) is 0 Å². The fourth-order valence-electron chi connectivity index (χ4n) is 2.63. The highest BCUT2D eigenvalue weighted by Gasteiger charge is 2.14. The molecule has 1 aromatic heterocycles. The van der Waals surface area contributed by atoms with Gasteiger partial charge in [-0.15, -0.1) is 12.4 Å². The summed E-state index contributed by atoms with van der Waals surface area (Å²) < 4.78 is 5.31. The molecule has 0 aliphatic heterocycles. The van der Waals surface area contributed by atoms with Crippen molar-refractivity contribution < 1.29 is 4.74 Å². The van der Waals surface area contributed by atoms with Gasteiger partial charge in [-0.1, -0.05) is 12.1 Å². The predicted octanol–water partition coefficient (Wildman–Crippen LogP) is 4.39. The molecule has 0 radical (unpaired) electrons. The molecule has 0 bridgehead atoms. The first-order valence-electron chi connectivity index (χ1n) is 6.65. The lowest BCUT2D eigenvalue weighted by atomic mass is 9.86. The number of methoxy groups -OCH3 is 1. The molecule has 1 heterocycles. The minimum atomic E-state index is 0. The zero-order valence-electron chi connectivity index (χ0n) is 11.5. The molecule has 0 N–H and O–H groups in total. The molecule has 104 valence electrons. The minimum absolute atomic E-state index is 0. The highest BCUT2D eigenvalue weighted by Crippen LogP contribution is 2.34. The lowest BCUT2D eigenvalue weighted by Gasteiger charge is -2.20. The number of nitrogens with zero attached hydrogens (tertiary/aromatic N) is 1. The number of allylic oxidation sites excluding steroid dienone is 1. The quantitative estimate of drug-likeness (QED) is 0.817.